The number of halogens is 2. The topological polar surface area (TPSA) is 131 Å². The van der Waals surface area contributed by atoms with Crippen molar-refractivity contribution in [2.75, 3.05) is 17.2 Å². The maximum Gasteiger partial charge on any atom is 0.332 e. The van der Waals surface area contributed by atoms with E-state index in [1.807, 2.05) is 0 Å². The molecule has 0 saturated carbocycles. The number of aliphatic hydroxyl groups excluding tert-OH is 1. The number of hydrogen-bond donors (Lipinski definition) is 2. The molecular formula is C32H25F2N5O5. The van der Waals surface area contributed by atoms with E-state index in [0.717, 1.165) is 4.90 Å². The number of nitrogen functional groups attached to an aromatic ring is 1. The van der Waals surface area contributed by atoms with E-state index in [4.69, 9.17) is 10.5 Å². The van der Waals surface area contributed by atoms with Crippen LogP contribution in [0.5, 0.6) is 11.5 Å². The highest BCUT2D eigenvalue weighted by Crippen LogP contribution is 2.38. The molecule has 4 aromatic rings. The molecule has 0 radical (unpaired) electrons. The maximum atomic E-state index is 15.2. The van der Waals surface area contributed by atoms with Crippen molar-refractivity contribution in [1.82, 2.24) is 14.7 Å². The monoisotopic (exact) mass is 597 g/mol. The number of carbonyl (C=O) groups excluding carboxylic acids is 3. The third-order valence-electron chi connectivity index (χ3n) is 8.19. The van der Waals surface area contributed by atoms with Gasteiger partial charge in [-0.3, -0.25) is 9.59 Å². The van der Waals surface area contributed by atoms with E-state index in [9.17, 15) is 23.9 Å². The number of imide groups is 1. The number of para-hydroxylation sites is 1. The Morgan fingerprint density at radius 1 is 1.07 bits per heavy atom. The van der Waals surface area contributed by atoms with Crippen LogP contribution in [-0.2, 0) is 11.2 Å². The van der Waals surface area contributed by atoms with Crippen LogP contribution in [0.25, 0.3) is 11.8 Å². The molecule has 222 valence electrons. The summed E-state index contributed by atoms with van der Waals surface area (Å²) in [6.45, 7) is 1.81. The molecule has 2 aliphatic heterocycles. The molecule has 12 heteroatoms. The number of anilines is 2. The molecule has 7 rings (SSSR count). The second-order valence-corrected chi connectivity index (χ2v) is 11.0. The Bertz CT molecular complexity index is 1910. The Morgan fingerprint density at radius 3 is 2.61 bits per heavy atom. The Kier molecular flexibility index (Phi) is 6.32. The first-order chi connectivity index (χ1) is 21.1. The molecule has 0 bridgehead atoms. The van der Waals surface area contributed by atoms with Crippen molar-refractivity contribution in [3.8, 4) is 17.2 Å². The number of aliphatic hydroxyl groups is 1. The quantitative estimate of drug-likeness (QED) is 0.246. The average Bonchev–Trinajstić information content (AvgIpc) is 3.74. The lowest BCUT2D eigenvalue weighted by molar-refractivity contribution is -0.119. The highest BCUT2D eigenvalue weighted by molar-refractivity contribution is 6.22. The lowest BCUT2D eigenvalue weighted by Crippen LogP contribution is -2.35. The molecular weight excluding hydrogens is 572 g/mol. The van der Waals surface area contributed by atoms with Crippen molar-refractivity contribution in [1.29, 1.82) is 0 Å². The minimum absolute atomic E-state index is 0.0126. The van der Waals surface area contributed by atoms with Crippen molar-refractivity contribution in [3.05, 3.63) is 100 Å². The molecule has 3 aliphatic rings. The number of aromatic nitrogens is 2. The Balaban J connectivity index is 1.11. The van der Waals surface area contributed by atoms with E-state index in [1.54, 1.807) is 43.3 Å². The van der Waals surface area contributed by atoms with Gasteiger partial charge < -0.3 is 20.5 Å². The molecule has 44 heavy (non-hydrogen) atoms. The number of nitrogens with two attached hydrogens (primary N) is 1. The second kappa shape index (κ2) is 10.1. The van der Waals surface area contributed by atoms with E-state index in [0.29, 0.717) is 33.7 Å². The van der Waals surface area contributed by atoms with E-state index in [-0.39, 0.29) is 42.2 Å². The van der Waals surface area contributed by atoms with Crippen LogP contribution in [0.1, 0.15) is 33.5 Å². The van der Waals surface area contributed by atoms with E-state index in [1.165, 1.54) is 40.0 Å². The van der Waals surface area contributed by atoms with Gasteiger partial charge in [-0.2, -0.15) is 5.10 Å². The summed E-state index contributed by atoms with van der Waals surface area (Å²) < 4.78 is 36.3. The van der Waals surface area contributed by atoms with Gasteiger partial charge in [-0.25, -0.2) is 23.2 Å². The SMILES string of the molecule is Cc1cc(Oc2ccccc2F)ccc1-n1ncc(C(=O)C2=Cc3cc(F)c(N4C(=O)[C@@H]5C[C@@H](O)CN5C4=O)cc3C2)c1N. The molecule has 3 aromatic carbocycles. The van der Waals surface area contributed by atoms with Crippen LogP contribution in [0.15, 0.2) is 66.4 Å². The highest BCUT2D eigenvalue weighted by atomic mass is 19.1. The molecule has 1 aliphatic carbocycles. The van der Waals surface area contributed by atoms with Gasteiger partial charge in [0, 0.05) is 25.0 Å². The number of benzene rings is 3. The normalized spacial score (nSPS) is 19.0. The molecule has 3 heterocycles. The lowest BCUT2D eigenvalue weighted by atomic mass is 10.0. The molecule has 1 aromatic heterocycles. The number of hydrogen-bond acceptors (Lipinski definition) is 7. The van der Waals surface area contributed by atoms with Crippen molar-refractivity contribution in [3.63, 3.8) is 0 Å². The van der Waals surface area contributed by atoms with Crippen LogP contribution >= 0.6 is 0 Å². The van der Waals surface area contributed by atoms with Gasteiger partial charge in [-0.1, -0.05) is 12.1 Å². The Labute approximate surface area is 249 Å². The average molecular weight is 598 g/mol. The Morgan fingerprint density at radius 2 is 1.86 bits per heavy atom. The first-order valence-electron chi connectivity index (χ1n) is 13.9. The van der Waals surface area contributed by atoms with Crippen molar-refractivity contribution in [2.45, 2.75) is 31.9 Å². The molecule has 2 saturated heterocycles. The minimum atomic E-state index is -0.820. The number of nitrogens with zero attached hydrogens (tertiary/aromatic N) is 4. The molecule has 2 fully saturated rings. The third kappa shape index (κ3) is 4.33. The summed E-state index contributed by atoms with van der Waals surface area (Å²) >= 11 is 0. The minimum Gasteiger partial charge on any atom is -0.454 e. The summed E-state index contributed by atoms with van der Waals surface area (Å²) in [6.07, 6.45) is 2.37. The van der Waals surface area contributed by atoms with Gasteiger partial charge in [-0.05, 0) is 72.2 Å². The number of fused-ring (bicyclic) bond motifs is 2. The van der Waals surface area contributed by atoms with E-state index >= 15 is 4.39 Å². The number of amides is 3. The van der Waals surface area contributed by atoms with Gasteiger partial charge in [-0.15, -0.1) is 0 Å². The predicted molar refractivity (Wildman–Crippen MR) is 156 cm³/mol. The molecule has 3 N–H and O–H groups in total. The van der Waals surface area contributed by atoms with E-state index < -0.39 is 41.5 Å². The standard InChI is InChI=1S/C32H25F2N5O5/c1-16-8-21(44-28-5-3-2-4-23(28)33)6-7-25(16)39-30(35)22(14-36-39)29(41)19-9-17-11-24(34)26(12-18(17)10-19)38-31(42)27-13-20(40)15-37(27)32(38)43/h2-9,11-12,14,20,27,40H,10,13,15,35H2,1H3/t20-,27+/m1/s1. The van der Waals surface area contributed by atoms with Crippen LogP contribution in [0.3, 0.4) is 0 Å². The maximum absolute atomic E-state index is 15.2. The second-order valence-electron chi connectivity index (χ2n) is 11.0. The van der Waals surface area contributed by atoms with Crippen molar-refractivity contribution < 1.29 is 33.0 Å². The summed E-state index contributed by atoms with van der Waals surface area (Å²) in [4.78, 5) is 41.4. The van der Waals surface area contributed by atoms with Gasteiger partial charge in [0.15, 0.2) is 17.3 Å². The summed E-state index contributed by atoms with van der Waals surface area (Å²) in [6, 6.07) is 12.2. The van der Waals surface area contributed by atoms with Gasteiger partial charge in [0.1, 0.15) is 23.4 Å². The number of Topliss-reactive ketones (excluding diaryl/α,β-unsaturated/α-hetero) is 1. The fraction of sp³-hybridized carbons (Fsp3) is 0.188. The Hall–Kier alpha value is -5.36. The fourth-order valence-electron chi connectivity index (χ4n) is 6.00. The van der Waals surface area contributed by atoms with Gasteiger partial charge in [0.25, 0.3) is 5.91 Å². The zero-order chi connectivity index (χ0) is 30.9. The number of allylic oxidation sites excluding steroid dienone is 1. The predicted octanol–water partition coefficient (Wildman–Crippen LogP) is 4.56. The van der Waals surface area contributed by atoms with Crippen LogP contribution in [-0.4, -0.2) is 56.2 Å². The summed E-state index contributed by atoms with van der Waals surface area (Å²) in [5, 5.41) is 14.2. The smallest absolute Gasteiger partial charge is 0.332 e. The van der Waals surface area contributed by atoms with Crippen LogP contribution < -0.4 is 15.4 Å². The first-order valence-corrected chi connectivity index (χ1v) is 13.9. The van der Waals surface area contributed by atoms with Crippen LogP contribution in [0.2, 0.25) is 0 Å². The third-order valence-corrected chi connectivity index (χ3v) is 8.19. The van der Waals surface area contributed by atoms with Gasteiger partial charge >= 0.3 is 6.03 Å². The number of rotatable bonds is 6. The largest absolute Gasteiger partial charge is 0.454 e. The highest BCUT2D eigenvalue weighted by Gasteiger charge is 2.51. The van der Waals surface area contributed by atoms with Gasteiger partial charge in [0.2, 0.25) is 0 Å². The first kappa shape index (κ1) is 27.5. The van der Waals surface area contributed by atoms with Crippen LogP contribution in [0.4, 0.5) is 25.1 Å². The zero-order valence-electron chi connectivity index (χ0n) is 23.3. The number of ether oxygens (including phenoxy) is 1. The fourth-order valence-corrected chi connectivity index (χ4v) is 6.00. The van der Waals surface area contributed by atoms with Crippen LogP contribution in [0, 0.1) is 18.6 Å². The molecule has 0 spiro atoms. The van der Waals surface area contributed by atoms with Gasteiger partial charge in [0.05, 0.1) is 29.2 Å². The summed E-state index contributed by atoms with van der Waals surface area (Å²) in [7, 11) is 0. The number of aryl methyl sites for hydroxylation is 1. The molecule has 3 amide bonds. The number of carbonyl (C=O) groups is 3. The molecule has 10 nitrogen and oxygen atoms in total. The summed E-state index contributed by atoms with van der Waals surface area (Å²) in [5.74, 6) is -1.66. The molecule has 2 atom stereocenters. The number of urea groups is 1. The number of ketones is 1. The van der Waals surface area contributed by atoms with Crippen molar-refractivity contribution in [2.24, 2.45) is 0 Å². The lowest BCUT2D eigenvalue weighted by Gasteiger charge is -2.18. The van der Waals surface area contributed by atoms with E-state index in [2.05, 4.69) is 5.10 Å². The summed E-state index contributed by atoms with van der Waals surface area (Å²) in [5.41, 5.74) is 9.02. The molecule has 0 unspecified atom stereocenters. The zero-order valence-corrected chi connectivity index (χ0v) is 23.3. The van der Waals surface area contributed by atoms with Crippen molar-refractivity contribution >= 4 is 35.3 Å².